The number of hydroxylamine groups is 1. The van der Waals surface area contributed by atoms with Crippen molar-refractivity contribution >= 4 is 28.6 Å². The van der Waals surface area contributed by atoms with E-state index in [1.54, 1.807) is 21.8 Å². The number of nitrogens with zero attached hydrogens (tertiary/aromatic N) is 2. The van der Waals surface area contributed by atoms with Crippen molar-refractivity contribution in [1.29, 1.82) is 0 Å². The number of thioether (sulfide) groups is 1. The number of rotatable bonds is 10. The van der Waals surface area contributed by atoms with E-state index in [4.69, 9.17) is 10.2 Å². The Balaban J connectivity index is 1.72. The first-order chi connectivity index (χ1) is 14.6. The SMILES string of the molecule is Cc1ccc2nc(SCCCCCCC(=O)NO)n(Cc3ccccc3)c(=O)c2c1. The number of amides is 1. The normalized spacial score (nSPS) is 11.0. The Labute approximate surface area is 180 Å². The molecular weight excluding hydrogens is 398 g/mol. The lowest BCUT2D eigenvalue weighted by Gasteiger charge is -2.13. The molecule has 0 saturated heterocycles. The summed E-state index contributed by atoms with van der Waals surface area (Å²) >= 11 is 1.60. The summed E-state index contributed by atoms with van der Waals surface area (Å²) in [5, 5.41) is 9.89. The Morgan fingerprint density at radius 3 is 2.63 bits per heavy atom. The van der Waals surface area contributed by atoms with Crippen LogP contribution in [0.1, 0.15) is 43.2 Å². The van der Waals surface area contributed by atoms with Gasteiger partial charge in [-0.1, -0.05) is 66.6 Å². The number of carbonyl (C=O) groups is 1. The van der Waals surface area contributed by atoms with Gasteiger partial charge in [0.1, 0.15) is 0 Å². The van der Waals surface area contributed by atoms with Crippen molar-refractivity contribution in [1.82, 2.24) is 15.0 Å². The molecule has 2 aromatic carbocycles. The van der Waals surface area contributed by atoms with Crippen molar-refractivity contribution in [2.75, 3.05) is 5.75 Å². The van der Waals surface area contributed by atoms with Gasteiger partial charge >= 0.3 is 0 Å². The third-order valence-electron chi connectivity index (χ3n) is 4.91. The van der Waals surface area contributed by atoms with Gasteiger partial charge in [0.2, 0.25) is 5.91 Å². The summed E-state index contributed by atoms with van der Waals surface area (Å²) in [6, 6.07) is 15.7. The van der Waals surface area contributed by atoms with Crippen molar-refractivity contribution in [2.24, 2.45) is 0 Å². The summed E-state index contributed by atoms with van der Waals surface area (Å²) in [7, 11) is 0. The van der Waals surface area contributed by atoms with E-state index in [1.807, 2.05) is 55.5 Å². The predicted octanol–water partition coefficient (Wildman–Crippen LogP) is 4.30. The van der Waals surface area contributed by atoms with Crippen LogP contribution in [0.5, 0.6) is 0 Å². The van der Waals surface area contributed by atoms with Gasteiger partial charge in [-0.05, 0) is 37.5 Å². The van der Waals surface area contributed by atoms with Crippen LogP contribution in [0.15, 0.2) is 58.5 Å². The molecule has 0 bridgehead atoms. The van der Waals surface area contributed by atoms with E-state index in [9.17, 15) is 9.59 Å². The molecular formula is C23H27N3O3S. The van der Waals surface area contributed by atoms with E-state index in [0.29, 0.717) is 18.4 Å². The third kappa shape index (κ3) is 5.93. The van der Waals surface area contributed by atoms with Crippen molar-refractivity contribution in [3.05, 3.63) is 70.0 Å². The van der Waals surface area contributed by atoms with E-state index in [2.05, 4.69) is 0 Å². The number of benzene rings is 2. The number of aryl methyl sites for hydroxylation is 1. The zero-order valence-corrected chi connectivity index (χ0v) is 18.0. The summed E-state index contributed by atoms with van der Waals surface area (Å²) in [4.78, 5) is 29.0. The van der Waals surface area contributed by atoms with Gasteiger partial charge in [-0.3, -0.25) is 19.4 Å². The average molecular weight is 426 g/mol. The topological polar surface area (TPSA) is 84.2 Å². The molecule has 1 amide bonds. The molecule has 0 spiro atoms. The lowest BCUT2D eigenvalue weighted by molar-refractivity contribution is -0.129. The molecule has 30 heavy (non-hydrogen) atoms. The van der Waals surface area contributed by atoms with Gasteiger partial charge in [0.15, 0.2) is 5.16 Å². The highest BCUT2D eigenvalue weighted by Crippen LogP contribution is 2.21. The highest BCUT2D eigenvalue weighted by atomic mass is 32.2. The minimum absolute atomic E-state index is 0.00920. The summed E-state index contributed by atoms with van der Waals surface area (Å²) < 4.78 is 1.77. The highest BCUT2D eigenvalue weighted by molar-refractivity contribution is 7.99. The fourth-order valence-corrected chi connectivity index (χ4v) is 4.29. The Hall–Kier alpha value is -2.64. The molecule has 3 aromatic rings. The second kappa shape index (κ2) is 10.9. The summed E-state index contributed by atoms with van der Waals surface area (Å²) in [5.74, 6) is 0.509. The van der Waals surface area contributed by atoms with Crippen LogP contribution in [-0.4, -0.2) is 26.4 Å². The molecule has 0 atom stereocenters. The van der Waals surface area contributed by atoms with Crippen molar-refractivity contribution < 1.29 is 10.0 Å². The molecule has 6 nitrogen and oxygen atoms in total. The first kappa shape index (κ1) is 22.1. The van der Waals surface area contributed by atoms with Gasteiger partial charge in [-0.25, -0.2) is 10.5 Å². The quantitative estimate of drug-likeness (QED) is 0.166. The zero-order valence-electron chi connectivity index (χ0n) is 17.1. The van der Waals surface area contributed by atoms with Crippen molar-refractivity contribution in [2.45, 2.75) is 50.7 Å². The molecule has 0 radical (unpaired) electrons. The molecule has 0 unspecified atom stereocenters. The number of fused-ring (bicyclic) bond motifs is 1. The van der Waals surface area contributed by atoms with Crippen molar-refractivity contribution in [3.63, 3.8) is 0 Å². The molecule has 2 N–H and O–H groups in total. The first-order valence-corrected chi connectivity index (χ1v) is 11.2. The van der Waals surface area contributed by atoms with E-state index in [0.717, 1.165) is 53.2 Å². The maximum absolute atomic E-state index is 13.2. The molecule has 0 saturated carbocycles. The second-order valence-corrected chi connectivity index (χ2v) is 8.40. The van der Waals surface area contributed by atoms with Gasteiger partial charge in [0.25, 0.3) is 5.56 Å². The van der Waals surface area contributed by atoms with Gasteiger partial charge in [-0.15, -0.1) is 0 Å². The molecule has 0 fully saturated rings. The van der Waals surface area contributed by atoms with Crippen LogP contribution in [0.3, 0.4) is 0 Å². The zero-order chi connectivity index (χ0) is 21.3. The fraction of sp³-hybridized carbons (Fsp3) is 0.348. The molecule has 7 heteroatoms. The van der Waals surface area contributed by atoms with E-state index in [1.165, 1.54) is 0 Å². The number of unbranched alkanes of at least 4 members (excludes halogenated alkanes) is 3. The first-order valence-electron chi connectivity index (χ1n) is 10.2. The van der Waals surface area contributed by atoms with Gasteiger partial charge in [0.05, 0.1) is 17.4 Å². The van der Waals surface area contributed by atoms with Crippen LogP contribution in [0.25, 0.3) is 10.9 Å². The molecule has 0 aliphatic rings. The van der Waals surface area contributed by atoms with Crippen LogP contribution < -0.4 is 11.0 Å². The molecule has 0 aliphatic heterocycles. The van der Waals surface area contributed by atoms with E-state index >= 15 is 0 Å². The third-order valence-corrected chi connectivity index (χ3v) is 5.97. The van der Waals surface area contributed by atoms with Crippen LogP contribution in [0, 0.1) is 6.92 Å². The standard InChI is InChI=1S/C23H27N3O3S/c1-17-12-13-20-19(15-17)22(28)26(16-18-9-5-4-6-10-18)23(24-20)30-14-8-3-2-7-11-21(27)25-29/h4-6,9-10,12-13,15,29H,2-3,7-8,11,14,16H2,1H3,(H,25,27). The number of aromatic nitrogens is 2. The minimum Gasteiger partial charge on any atom is -0.289 e. The Bertz CT molecular complexity index is 1050. The second-order valence-electron chi connectivity index (χ2n) is 7.34. The lowest BCUT2D eigenvalue weighted by atomic mass is 10.1. The fourth-order valence-electron chi connectivity index (χ4n) is 3.29. The lowest BCUT2D eigenvalue weighted by Crippen LogP contribution is -2.24. The average Bonchev–Trinajstić information content (AvgIpc) is 2.76. The van der Waals surface area contributed by atoms with Crippen LogP contribution in [-0.2, 0) is 11.3 Å². The number of nitrogens with one attached hydrogen (secondary N) is 1. The monoisotopic (exact) mass is 425 g/mol. The molecule has 158 valence electrons. The molecule has 1 heterocycles. The smallest absolute Gasteiger partial charge is 0.262 e. The van der Waals surface area contributed by atoms with Crippen LogP contribution in [0.4, 0.5) is 0 Å². The predicted molar refractivity (Wildman–Crippen MR) is 120 cm³/mol. The number of hydrogen-bond acceptors (Lipinski definition) is 5. The molecule has 1 aromatic heterocycles. The van der Waals surface area contributed by atoms with E-state index in [-0.39, 0.29) is 11.5 Å². The van der Waals surface area contributed by atoms with Gasteiger partial charge in [0, 0.05) is 12.2 Å². The largest absolute Gasteiger partial charge is 0.289 e. The summed E-state index contributed by atoms with van der Waals surface area (Å²) in [5.41, 5.74) is 4.49. The molecule has 0 aliphatic carbocycles. The minimum atomic E-state index is -0.343. The van der Waals surface area contributed by atoms with Gasteiger partial charge < -0.3 is 0 Å². The molecule has 3 rings (SSSR count). The van der Waals surface area contributed by atoms with Crippen molar-refractivity contribution in [3.8, 4) is 0 Å². The van der Waals surface area contributed by atoms with E-state index < -0.39 is 0 Å². The number of hydrogen-bond donors (Lipinski definition) is 2. The summed E-state index contributed by atoms with van der Waals surface area (Å²) in [6.45, 7) is 2.47. The highest BCUT2D eigenvalue weighted by Gasteiger charge is 2.12. The Morgan fingerprint density at radius 1 is 1.10 bits per heavy atom. The summed E-state index contributed by atoms with van der Waals surface area (Å²) in [6.07, 6.45) is 3.98. The Morgan fingerprint density at radius 2 is 1.87 bits per heavy atom. The van der Waals surface area contributed by atoms with Crippen LogP contribution in [0.2, 0.25) is 0 Å². The maximum atomic E-state index is 13.2. The Kier molecular flexibility index (Phi) is 8.04. The van der Waals surface area contributed by atoms with Gasteiger partial charge in [-0.2, -0.15) is 0 Å². The maximum Gasteiger partial charge on any atom is 0.262 e. The van der Waals surface area contributed by atoms with Crippen LogP contribution >= 0.6 is 11.8 Å². The number of carbonyl (C=O) groups excluding carboxylic acids is 1.